The normalized spacial score (nSPS) is 13.7. The second-order valence-corrected chi connectivity index (χ2v) is 8.08. The van der Waals surface area contributed by atoms with Crippen LogP contribution in [0.3, 0.4) is 0 Å². The number of hydrogen-bond donors (Lipinski definition) is 1. The Morgan fingerprint density at radius 3 is 2.22 bits per heavy atom. The lowest BCUT2D eigenvalue weighted by molar-refractivity contribution is -0.137. The Morgan fingerprint density at radius 2 is 1.53 bits per heavy atom. The van der Waals surface area contributed by atoms with E-state index in [1.807, 2.05) is 87.5 Å². The van der Waals surface area contributed by atoms with E-state index < -0.39 is 0 Å². The van der Waals surface area contributed by atoms with Gasteiger partial charge in [-0.2, -0.15) is 0 Å². The first-order chi connectivity index (χ1) is 15.4. The molecule has 0 bridgehead atoms. The number of benzene rings is 3. The molecule has 5 nitrogen and oxygen atoms in total. The Labute approximate surface area is 188 Å². The summed E-state index contributed by atoms with van der Waals surface area (Å²) < 4.78 is 5.44. The maximum Gasteiger partial charge on any atom is 0.278 e. The molecule has 0 saturated heterocycles. The number of amides is 2. The van der Waals surface area contributed by atoms with Crippen LogP contribution in [0.25, 0.3) is 5.57 Å². The van der Waals surface area contributed by atoms with Crippen LogP contribution < -0.4 is 10.1 Å². The van der Waals surface area contributed by atoms with Crippen molar-refractivity contribution in [2.24, 2.45) is 0 Å². The van der Waals surface area contributed by atoms with E-state index in [1.54, 1.807) is 7.11 Å². The van der Waals surface area contributed by atoms with E-state index in [4.69, 9.17) is 4.74 Å². The number of carbonyl (C=O) groups is 2. The van der Waals surface area contributed by atoms with Gasteiger partial charge in [-0.05, 0) is 49.6 Å². The highest BCUT2D eigenvalue weighted by atomic mass is 16.5. The highest BCUT2D eigenvalue weighted by Gasteiger charge is 2.40. The summed E-state index contributed by atoms with van der Waals surface area (Å²) in [5, 5.41) is 3.20. The van der Waals surface area contributed by atoms with Gasteiger partial charge in [0.1, 0.15) is 11.4 Å². The monoisotopic (exact) mass is 426 g/mol. The zero-order valence-corrected chi connectivity index (χ0v) is 18.7. The van der Waals surface area contributed by atoms with Gasteiger partial charge in [-0.25, -0.2) is 0 Å². The second-order valence-electron chi connectivity index (χ2n) is 8.08. The van der Waals surface area contributed by atoms with E-state index in [1.165, 1.54) is 4.90 Å². The molecule has 3 aromatic carbocycles. The molecule has 1 aliphatic heterocycles. The maximum absolute atomic E-state index is 13.6. The van der Waals surface area contributed by atoms with Crippen molar-refractivity contribution in [3.8, 4) is 5.75 Å². The Kier molecular flexibility index (Phi) is 5.82. The molecule has 1 heterocycles. The number of rotatable bonds is 6. The van der Waals surface area contributed by atoms with Gasteiger partial charge in [0.05, 0.1) is 24.9 Å². The first kappa shape index (κ1) is 21.4. The summed E-state index contributed by atoms with van der Waals surface area (Å²) in [5.74, 6) is -0.0615. The van der Waals surface area contributed by atoms with Crippen molar-refractivity contribution in [3.05, 3.63) is 100 Å². The van der Waals surface area contributed by atoms with Crippen LogP contribution in [0.2, 0.25) is 0 Å². The summed E-state index contributed by atoms with van der Waals surface area (Å²) in [4.78, 5) is 28.4. The Hall–Kier alpha value is -3.86. The molecule has 2 amide bonds. The minimum atomic E-state index is -0.351. The number of methoxy groups -OCH3 is 1. The summed E-state index contributed by atoms with van der Waals surface area (Å²) in [6.07, 6.45) is 0. The Balaban J connectivity index is 1.79. The lowest BCUT2D eigenvalue weighted by Gasteiger charge is -2.16. The average molecular weight is 427 g/mol. The van der Waals surface area contributed by atoms with Crippen LogP contribution in [0.4, 0.5) is 5.69 Å². The molecule has 0 unspecified atom stereocenters. The molecule has 4 rings (SSSR count). The molecule has 0 aromatic heterocycles. The van der Waals surface area contributed by atoms with Gasteiger partial charge in [0.2, 0.25) is 0 Å². The molecule has 0 fully saturated rings. The van der Waals surface area contributed by atoms with Gasteiger partial charge >= 0.3 is 0 Å². The molecule has 1 aliphatic rings. The molecule has 0 aliphatic carbocycles. The lowest BCUT2D eigenvalue weighted by atomic mass is 9.97. The fraction of sp³-hybridized carbons (Fsp3) is 0.185. The molecular formula is C27H26N2O3. The van der Waals surface area contributed by atoms with Gasteiger partial charge in [0, 0.05) is 0 Å². The molecule has 0 spiro atoms. The first-order valence-electron chi connectivity index (χ1n) is 10.5. The molecule has 1 N–H and O–H groups in total. The van der Waals surface area contributed by atoms with E-state index in [0.29, 0.717) is 17.0 Å². The third-order valence-electron chi connectivity index (χ3n) is 5.65. The van der Waals surface area contributed by atoms with Gasteiger partial charge in [0.15, 0.2) is 0 Å². The number of hydrogen-bond acceptors (Lipinski definition) is 4. The largest absolute Gasteiger partial charge is 0.495 e. The van der Waals surface area contributed by atoms with Gasteiger partial charge in [-0.15, -0.1) is 0 Å². The van der Waals surface area contributed by atoms with Crippen molar-refractivity contribution in [3.63, 3.8) is 0 Å². The number of anilines is 1. The van der Waals surface area contributed by atoms with E-state index in [-0.39, 0.29) is 24.1 Å². The van der Waals surface area contributed by atoms with Crippen LogP contribution in [0.15, 0.2) is 72.4 Å². The zero-order valence-electron chi connectivity index (χ0n) is 18.7. The third kappa shape index (κ3) is 4.02. The van der Waals surface area contributed by atoms with Crippen LogP contribution >= 0.6 is 0 Å². The molecule has 0 atom stereocenters. The molecule has 5 heteroatoms. The van der Waals surface area contributed by atoms with Crippen molar-refractivity contribution >= 4 is 23.1 Å². The van der Waals surface area contributed by atoms with Gasteiger partial charge in [0.25, 0.3) is 11.8 Å². The van der Waals surface area contributed by atoms with Crippen molar-refractivity contribution in [2.45, 2.75) is 27.3 Å². The molecule has 162 valence electrons. The highest BCUT2D eigenvalue weighted by Crippen LogP contribution is 2.35. The molecule has 32 heavy (non-hydrogen) atoms. The maximum atomic E-state index is 13.6. The summed E-state index contributed by atoms with van der Waals surface area (Å²) in [6, 6.07) is 21.1. The van der Waals surface area contributed by atoms with Crippen LogP contribution in [-0.4, -0.2) is 23.8 Å². The highest BCUT2D eigenvalue weighted by molar-refractivity contribution is 6.36. The number of imide groups is 1. The lowest BCUT2D eigenvalue weighted by Crippen LogP contribution is -2.32. The van der Waals surface area contributed by atoms with Crippen molar-refractivity contribution < 1.29 is 14.3 Å². The third-order valence-corrected chi connectivity index (χ3v) is 5.65. The number of aryl methyl sites for hydroxylation is 3. The number of para-hydroxylation sites is 2. The predicted octanol–water partition coefficient (Wildman–Crippen LogP) is 5.01. The fourth-order valence-corrected chi connectivity index (χ4v) is 3.94. The van der Waals surface area contributed by atoms with E-state index >= 15 is 0 Å². The first-order valence-corrected chi connectivity index (χ1v) is 10.5. The van der Waals surface area contributed by atoms with Crippen molar-refractivity contribution in [1.82, 2.24) is 4.90 Å². The van der Waals surface area contributed by atoms with Crippen LogP contribution in [0.5, 0.6) is 5.75 Å². The van der Waals surface area contributed by atoms with Crippen LogP contribution in [-0.2, 0) is 16.1 Å². The van der Waals surface area contributed by atoms with Crippen molar-refractivity contribution in [2.75, 3.05) is 12.4 Å². The fourth-order valence-electron chi connectivity index (χ4n) is 3.94. The smallest absolute Gasteiger partial charge is 0.278 e. The number of carbonyl (C=O) groups excluding carboxylic acids is 2. The number of ether oxygens (including phenoxy) is 1. The standard InChI is InChI=1S/C27H26N2O3/c1-17-9-12-20(13-10-17)16-29-26(30)24(21-14-11-18(2)15-19(21)3)25(27(29)31)28-22-7-5-6-8-23(22)32-4/h5-15,28H,16H2,1-4H3. The van der Waals surface area contributed by atoms with Gasteiger partial charge in [-0.3, -0.25) is 14.5 Å². The quantitative estimate of drug-likeness (QED) is 0.563. The van der Waals surface area contributed by atoms with Crippen LogP contribution in [0, 0.1) is 20.8 Å². The summed E-state index contributed by atoms with van der Waals surface area (Å²) >= 11 is 0. The average Bonchev–Trinajstić information content (AvgIpc) is 3.00. The molecule has 3 aromatic rings. The Morgan fingerprint density at radius 1 is 0.844 bits per heavy atom. The summed E-state index contributed by atoms with van der Waals surface area (Å²) in [6.45, 7) is 6.18. The molecular weight excluding hydrogens is 400 g/mol. The second kappa shape index (κ2) is 8.71. The minimum Gasteiger partial charge on any atom is -0.495 e. The zero-order chi connectivity index (χ0) is 22.8. The van der Waals surface area contributed by atoms with Gasteiger partial charge in [-0.1, -0.05) is 65.7 Å². The molecule has 0 radical (unpaired) electrons. The molecule has 0 saturated carbocycles. The summed E-state index contributed by atoms with van der Waals surface area (Å²) in [5.41, 5.74) is 6.08. The topological polar surface area (TPSA) is 58.6 Å². The summed E-state index contributed by atoms with van der Waals surface area (Å²) in [7, 11) is 1.57. The van der Waals surface area contributed by atoms with Crippen LogP contribution in [0.1, 0.15) is 27.8 Å². The SMILES string of the molecule is COc1ccccc1NC1=C(c2ccc(C)cc2C)C(=O)N(Cc2ccc(C)cc2)C1=O. The van der Waals surface area contributed by atoms with E-state index in [9.17, 15) is 9.59 Å². The van der Waals surface area contributed by atoms with Crippen molar-refractivity contribution in [1.29, 1.82) is 0 Å². The number of nitrogens with one attached hydrogen (secondary N) is 1. The van der Waals surface area contributed by atoms with E-state index in [2.05, 4.69) is 5.32 Å². The number of nitrogens with zero attached hydrogens (tertiary/aromatic N) is 1. The Bertz CT molecular complexity index is 1230. The van der Waals surface area contributed by atoms with Gasteiger partial charge < -0.3 is 10.1 Å². The minimum absolute atomic E-state index is 0.212. The predicted molar refractivity (Wildman–Crippen MR) is 126 cm³/mol. The van der Waals surface area contributed by atoms with E-state index in [0.717, 1.165) is 27.8 Å².